The molecule has 1 heterocycles. The summed E-state index contributed by atoms with van der Waals surface area (Å²) in [5.41, 5.74) is 0.868. The van der Waals surface area contributed by atoms with Gasteiger partial charge in [-0.3, -0.25) is 10.1 Å². The second-order valence-electron chi connectivity index (χ2n) is 6.92. The van der Waals surface area contributed by atoms with Gasteiger partial charge in [0.15, 0.2) is 5.75 Å². The summed E-state index contributed by atoms with van der Waals surface area (Å²) in [4.78, 5) is 36.4. The maximum absolute atomic E-state index is 12.8. The van der Waals surface area contributed by atoms with Crippen molar-refractivity contribution in [1.82, 2.24) is 4.90 Å². The van der Waals surface area contributed by atoms with E-state index in [0.29, 0.717) is 22.1 Å². The summed E-state index contributed by atoms with van der Waals surface area (Å²) in [6, 6.07) is 8.91. The van der Waals surface area contributed by atoms with Gasteiger partial charge < -0.3 is 18.8 Å². The summed E-state index contributed by atoms with van der Waals surface area (Å²) in [6.07, 6.45) is -0.531. The Hall–Kier alpha value is -3.43. The molecule has 0 spiro atoms. The molecule has 0 bridgehead atoms. The van der Waals surface area contributed by atoms with Gasteiger partial charge in [0.2, 0.25) is 0 Å². The van der Waals surface area contributed by atoms with Crippen LogP contribution in [0.25, 0.3) is 11.0 Å². The monoisotopic (exact) mass is 446 g/mol. The van der Waals surface area contributed by atoms with Gasteiger partial charge in [-0.1, -0.05) is 23.7 Å². The first-order valence-corrected chi connectivity index (χ1v) is 9.48. The minimum absolute atomic E-state index is 0.0471. The lowest BCUT2D eigenvalue weighted by Crippen LogP contribution is -2.25. The minimum atomic E-state index is -0.636. The van der Waals surface area contributed by atoms with Gasteiger partial charge in [0, 0.05) is 56.8 Å². The molecule has 0 aliphatic rings. The molecule has 2 aromatic carbocycles. The van der Waals surface area contributed by atoms with Crippen molar-refractivity contribution in [1.29, 1.82) is 0 Å². The second-order valence-corrected chi connectivity index (χ2v) is 7.33. The number of carbonyl (C=O) groups is 1. The van der Waals surface area contributed by atoms with Crippen molar-refractivity contribution < 1.29 is 23.6 Å². The number of non-ortho nitro benzene ring substituents is 1. The number of nitrogens with zero attached hydrogens (tertiary/aromatic N) is 2. The summed E-state index contributed by atoms with van der Waals surface area (Å²) >= 11 is 6.30. The first-order valence-electron chi connectivity index (χ1n) is 9.10. The number of hydrogen-bond donors (Lipinski definition) is 0. The fourth-order valence-corrected chi connectivity index (χ4v) is 3.24. The van der Waals surface area contributed by atoms with E-state index >= 15 is 0 Å². The third-order valence-electron chi connectivity index (χ3n) is 4.53. The number of nitro groups is 1. The number of hydrogen-bond acceptors (Lipinski definition) is 7. The Morgan fingerprint density at radius 2 is 1.97 bits per heavy atom. The standard InChI is InChI=1S/C21H19ClN2O7/c1-23(2)21(26)31-19-10-18-14(9-17(19)22)16(11-29-3)15(20(25)30-18)8-12-5-4-6-13(7-12)24(27)28/h4-7,9-10H,8,11H2,1-3H3. The molecule has 0 atom stereocenters. The largest absolute Gasteiger partial charge is 0.422 e. The molecule has 162 valence electrons. The highest BCUT2D eigenvalue weighted by atomic mass is 35.5. The molecular formula is C21H19ClN2O7. The molecule has 3 rings (SSSR count). The average Bonchev–Trinajstić information content (AvgIpc) is 2.72. The Balaban J connectivity index is 2.12. The van der Waals surface area contributed by atoms with Crippen LogP contribution in [0.15, 0.2) is 45.6 Å². The zero-order valence-electron chi connectivity index (χ0n) is 17.0. The Bertz CT molecular complexity index is 1220. The lowest BCUT2D eigenvalue weighted by Gasteiger charge is -2.14. The molecule has 1 aromatic heterocycles. The van der Waals surface area contributed by atoms with E-state index in [1.54, 1.807) is 12.1 Å². The van der Waals surface area contributed by atoms with E-state index < -0.39 is 16.6 Å². The molecule has 0 saturated carbocycles. The van der Waals surface area contributed by atoms with Crippen LogP contribution >= 0.6 is 11.6 Å². The smallest absolute Gasteiger partial charge is 0.414 e. The van der Waals surface area contributed by atoms with Crippen molar-refractivity contribution in [3.63, 3.8) is 0 Å². The molecule has 0 aliphatic carbocycles. The predicted molar refractivity (Wildman–Crippen MR) is 114 cm³/mol. The quantitative estimate of drug-likeness (QED) is 0.317. The number of methoxy groups -OCH3 is 1. The number of benzene rings is 2. The van der Waals surface area contributed by atoms with E-state index in [4.69, 9.17) is 25.5 Å². The van der Waals surface area contributed by atoms with Crippen molar-refractivity contribution in [2.24, 2.45) is 0 Å². The number of ether oxygens (including phenoxy) is 2. The highest BCUT2D eigenvalue weighted by molar-refractivity contribution is 6.33. The van der Waals surface area contributed by atoms with E-state index in [0.717, 1.165) is 0 Å². The normalized spacial score (nSPS) is 10.8. The number of amides is 1. The van der Waals surface area contributed by atoms with Gasteiger partial charge in [0.05, 0.1) is 16.6 Å². The Labute approximate surface area is 181 Å². The molecule has 9 nitrogen and oxygen atoms in total. The summed E-state index contributed by atoms with van der Waals surface area (Å²) in [7, 11) is 4.52. The Morgan fingerprint density at radius 1 is 1.23 bits per heavy atom. The SMILES string of the molecule is COCc1c(Cc2cccc([N+](=O)[O-])c2)c(=O)oc2cc(OC(=O)N(C)C)c(Cl)cc12. The van der Waals surface area contributed by atoms with Gasteiger partial charge in [-0.25, -0.2) is 9.59 Å². The molecule has 0 radical (unpaired) electrons. The molecule has 0 aliphatic heterocycles. The van der Waals surface area contributed by atoms with Crippen molar-refractivity contribution >= 4 is 34.4 Å². The fraction of sp³-hybridized carbons (Fsp3) is 0.238. The predicted octanol–water partition coefficient (Wildman–Crippen LogP) is 4.15. The van der Waals surface area contributed by atoms with Crippen LogP contribution in [0.3, 0.4) is 0 Å². The topological polar surface area (TPSA) is 112 Å². The number of nitro benzene ring substituents is 1. The highest BCUT2D eigenvalue weighted by Crippen LogP contribution is 2.33. The van der Waals surface area contributed by atoms with Crippen molar-refractivity contribution in [2.45, 2.75) is 13.0 Å². The van der Waals surface area contributed by atoms with Crippen LogP contribution in [0.2, 0.25) is 5.02 Å². The number of carbonyl (C=O) groups excluding carboxylic acids is 1. The van der Waals surface area contributed by atoms with Crippen molar-refractivity contribution in [3.05, 3.63) is 78.6 Å². The number of halogens is 1. The summed E-state index contributed by atoms with van der Waals surface area (Å²) in [6.45, 7) is 0.0829. The van der Waals surface area contributed by atoms with E-state index in [1.807, 2.05) is 0 Å². The second kappa shape index (κ2) is 9.15. The Morgan fingerprint density at radius 3 is 2.61 bits per heavy atom. The maximum atomic E-state index is 12.8. The van der Waals surface area contributed by atoms with Crippen LogP contribution < -0.4 is 10.4 Å². The zero-order chi connectivity index (χ0) is 22.7. The molecule has 31 heavy (non-hydrogen) atoms. The van der Waals surface area contributed by atoms with Crippen LogP contribution in [0.1, 0.15) is 16.7 Å². The van der Waals surface area contributed by atoms with Crippen LogP contribution in [0.5, 0.6) is 5.75 Å². The first kappa shape index (κ1) is 22.3. The third-order valence-corrected chi connectivity index (χ3v) is 4.82. The summed E-state index contributed by atoms with van der Waals surface area (Å²) < 4.78 is 15.9. The van der Waals surface area contributed by atoms with Crippen LogP contribution in [0, 0.1) is 10.1 Å². The van der Waals surface area contributed by atoms with Gasteiger partial charge in [-0.15, -0.1) is 0 Å². The number of fused-ring (bicyclic) bond motifs is 1. The van der Waals surface area contributed by atoms with E-state index in [2.05, 4.69) is 0 Å². The van der Waals surface area contributed by atoms with E-state index in [1.165, 1.54) is 50.4 Å². The summed E-state index contributed by atoms with van der Waals surface area (Å²) in [5, 5.41) is 11.7. The van der Waals surface area contributed by atoms with Crippen molar-refractivity contribution in [2.75, 3.05) is 21.2 Å². The molecule has 0 fully saturated rings. The zero-order valence-corrected chi connectivity index (χ0v) is 17.8. The van der Waals surface area contributed by atoms with Crippen LogP contribution in [-0.2, 0) is 17.8 Å². The molecule has 1 amide bonds. The lowest BCUT2D eigenvalue weighted by molar-refractivity contribution is -0.384. The lowest BCUT2D eigenvalue weighted by atomic mass is 9.98. The molecule has 0 saturated heterocycles. The van der Waals surface area contributed by atoms with Crippen LogP contribution in [0.4, 0.5) is 10.5 Å². The third kappa shape index (κ3) is 4.84. The molecule has 0 N–H and O–H groups in total. The molecule has 10 heteroatoms. The van der Waals surface area contributed by atoms with Gasteiger partial charge in [0.1, 0.15) is 5.58 Å². The average molecular weight is 447 g/mol. The summed E-state index contributed by atoms with van der Waals surface area (Å²) in [5.74, 6) is 0.0471. The first-order chi connectivity index (χ1) is 14.7. The number of rotatable bonds is 6. The van der Waals surface area contributed by atoms with Crippen LogP contribution in [-0.4, -0.2) is 37.1 Å². The maximum Gasteiger partial charge on any atom is 0.414 e. The molecular weight excluding hydrogens is 428 g/mol. The van der Waals surface area contributed by atoms with Gasteiger partial charge in [0.25, 0.3) is 5.69 Å². The molecule has 0 unspecified atom stereocenters. The Kier molecular flexibility index (Phi) is 6.57. The van der Waals surface area contributed by atoms with Gasteiger partial charge in [-0.05, 0) is 17.2 Å². The fourth-order valence-electron chi connectivity index (χ4n) is 3.04. The minimum Gasteiger partial charge on any atom is -0.422 e. The van der Waals surface area contributed by atoms with E-state index in [9.17, 15) is 19.7 Å². The van der Waals surface area contributed by atoms with Gasteiger partial charge in [-0.2, -0.15) is 0 Å². The van der Waals surface area contributed by atoms with Crippen molar-refractivity contribution in [3.8, 4) is 5.75 Å². The highest BCUT2D eigenvalue weighted by Gasteiger charge is 2.19. The van der Waals surface area contributed by atoms with E-state index in [-0.39, 0.29) is 35.1 Å². The molecule has 3 aromatic rings. The van der Waals surface area contributed by atoms with Gasteiger partial charge >= 0.3 is 11.7 Å².